The molecule has 1 aromatic carbocycles. The molecule has 2 heterocycles. The van der Waals surface area contributed by atoms with Crippen molar-refractivity contribution < 1.29 is 4.79 Å². The van der Waals surface area contributed by atoms with Crippen LogP contribution < -0.4 is 5.32 Å². The summed E-state index contributed by atoms with van der Waals surface area (Å²) in [7, 11) is 0. The SMILES string of the molecule is CCCN1CCCCC1C(=O)Nc1ccc(Sc2nc(C)cc(C)n2)cc1. The standard InChI is InChI=1S/C21H28N4OS/c1-4-12-25-13-6-5-7-19(25)20(26)24-17-8-10-18(11-9-17)27-21-22-15(2)14-16(3)23-21/h8-11,14,19H,4-7,12-13H2,1-3H3,(H,24,26). The van der Waals surface area contributed by atoms with Crippen LogP contribution in [0.25, 0.3) is 0 Å². The molecular weight excluding hydrogens is 356 g/mol. The molecule has 27 heavy (non-hydrogen) atoms. The third-order valence-corrected chi connectivity index (χ3v) is 5.59. The molecule has 1 amide bonds. The second kappa shape index (κ2) is 9.33. The van der Waals surface area contributed by atoms with Gasteiger partial charge in [0.05, 0.1) is 6.04 Å². The van der Waals surface area contributed by atoms with Crippen molar-refractivity contribution in [1.82, 2.24) is 14.9 Å². The van der Waals surface area contributed by atoms with E-state index in [9.17, 15) is 4.79 Å². The normalized spacial score (nSPS) is 17.7. The molecule has 2 aromatic rings. The van der Waals surface area contributed by atoms with Gasteiger partial charge in [-0.05, 0) is 88.3 Å². The van der Waals surface area contributed by atoms with Gasteiger partial charge in [0.25, 0.3) is 0 Å². The fourth-order valence-electron chi connectivity index (χ4n) is 3.52. The van der Waals surface area contributed by atoms with E-state index in [2.05, 4.69) is 27.1 Å². The van der Waals surface area contributed by atoms with Crippen LogP contribution in [0.3, 0.4) is 0 Å². The number of nitrogens with one attached hydrogen (secondary N) is 1. The summed E-state index contributed by atoms with van der Waals surface area (Å²) in [6.07, 6.45) is 4.35. The number of hydrogen-bond donors (Lipinski definition) is 1. The summed E-state index contributed by atoms with van der Waals surface area (Å²) in [6, 6.07) is 9.89. The highest BCUT2D eigenvalue weighted by Crippen LogP contribution is 2.26. The number of rotatable bonds is 6. The number of aryl methyl sites for hydroxylation is 2. The van der Waals surface area contributed by atoms with Gasteiger partial charge < -0.3 is 5.32 Å². The fraction of sp³-hybridized carbons (Fsp3) is 0.476. The van der Waals surface area contributed by atoms with E-state index in [1.165, 1.54) is 18.2 Å². The number of anilines is 1. The second-order valence-corrected chi connectivity index (χ2v) is 8.14. The Labute approximate surface area is 166 Å². The first-order chi connectivity index (χ1) is 13.0. The molecule has 5 nitrogen and oxygen atoms in total. The molecule has 0 radical (unpaired) electrons. The molecule has 1 saturated heterocycles. The molecule has 1 fully saturated rings. The van der Waals surface area contributed by atoms with Gasteiger partial charge in [-0.25, -0.2) is 9.97 Å². The van der Waals surface area contributed by atoms with E-state index < -0.39 is 0 Å². The summed E-state index contributed by atoms with van der Waals surface area (Å²) in [6.45, 7) is 8.13. The Kier molecular flexibility index (Phi) is 6.85. The Bertz CT molecular complexity index is 756. The number of aromatic nitrogens is 2. The van der Waals surface area contributed by atoms with Crippen molar-refractivity contribution in [3.05, 3.63) is 41.7 Å². The van der Waals surface area contributed by atoms with Gasteiger partial charge in [0.15, 0.2) is 5.16 Å². The number of hydrogen-bond acceptors (Lipinski definition) is 5. The zero-order valence-corrected chi connectivity index (χ0v) is 17.2. The molecule has 1 aromatic heterocycles. The number of piperidine rings is 1. The maximum Gasteiger partial charge on any atom is 0.241 e. The predicted molar refractivity (Wildman–Crippen MR) is 110 cm³/mol. The van der Waals surface area contributed by atoms with Gasteiger partial charge in [-0.15, -0.1) is 0 Å². The smallest absolute Gasteiger partial charge is 0.241 e. The largest absolute Gasteiger partial charge is 0.325 e. The number of nitrogens with zero attached hydrogens (tertiary/aromatic N) is 3. The highest BCUT2D eigenvalue weighted by Gasteiger charge is 2.27. The lowest BCUT2D eigenvalue weighted by Gasteiger charge is -2.34. The summed E-state index contributed by atoms with van der Waals surface area (Å²) in [5.74, 6) is 0.112. The highest BCUT2D eigenvalue weighted by atomic mass is 32.2. The summed E-state index contributed by atoms with van der Waals surface area (Å²) in [4.78, 5) is 25.0. The molecule has 0 aliphatic carbocycles. The molecule has 1 aliphatic heterocycles. The molecule has 0 saturated carbocycles. The van der Waals surface area contributed by atoms with Crippen molar-refractivity contribution in [3.63, 3.8) is 0 Å². The lowest BCUT2D eigenvalue weighted by Crippen LogP contribution is -2.47. The van der Waals surface area contributed by atoms with Crippen molar-refractivity contribution in [2.45, 2.75) is 62.5 Å². The van der Waals surface area contributed by atoms with Crippen molar-refractivity contribution >= 4 is 23.4 Å². The van der Waals surface area contributed by atoms with E-state index in [0.717, 1.165) is 59.5 Å². The van der Waals surface area contributed by atoms with Crippen LogP contribution in [0, 0.1) is 13.8 Å². The second-order valence-electron chi connectivity index (χ2n) is 7.10. The van der Waals surface area contributed by atoms with E-state index >= 15 is 0 Å². The van der Waals surface area contributed by atoms with Gasteiger partial charge in [0.1, 0.15) is 0 Å². The summed E-state index contributed by atoms with van der Waals surface area (Å²) < 4.78 is 0. The van der Waals surface area contributed by atoms with Crippen LogP contribution in [-0.2, 0) is 4.79 Å². The predicted octanol–water partition coefficient (Wildman–Crippen LogP) is 4.45. The molecule has 1 atom stereocenters. The Morgan fingerprint density at radius 1 is 1.19 bits per heavy atom. The van der Waals surface area contributed by atoms with Gasteiger partial charge in [-0.2, -0.15) is 0 Å². The van der Waals surface area contributed by atoms with Crippen molar-refractivity contribution in [2.75, 3.05) is 18.4 Å². The third-order valence-electron chi connectivity index (χ3n) is 4.72. The number of benzene rings is 1. The molecular formula is C21H28N4OS. The number of amides is 1. The van der Waals surface area contributed by atoms with Gasteiger partial charge in [0, 0.05) is 22.0 Å². The van der Waals surface area contributed by atoms with Crippen LogP contribution in [-0.4, -0.2) is 39.9 Å². The van der Waals surface area contributed by atoms with E-state index in [0.29, 0.717) is 0 Å². The van der Waals surface area contributed by atoms with E-state index in [1.54, 1.807) is 0 Å². The zero-order chi connectivity index (χ0) is 19.2. The minimum absolute atomic E-state index is 0.00331. The van der Waals surface area contributed by atoms with Crippen LogP contribution in [0.15, 0.2) is 40.4 Å². The van der Waals surface area contributed by atoms with E-state index in [-0.39, 0.29) is 11.9 Å². The lowest BCUT2D eigenvalue weighted by atomic mass is 10.0. The monoisotopic (exact) mass is 384 g/mol. The van der Waals surface area contributed by atoms with Crippen molar-refractivity contribution in [1.29, 1.82) is 0 Å². The van der Waals surface area contributed by atoms with Crippen molar-refractivity contribution in [2.24, 2.45) is 0 Å². The van der Waals surface area contributed by atoms with Crippen LogP contribution in [0.2, 0.25) is 0 Å². The molecule has 1 aliphatic rings. The van der Waals surface area contributed by atoms with Crippen LogP contribution in [0.4, 0.5) is 5.69 Å². The van der Waals surface area contributed by atoms with Crippen LogP contribution in [0.1, 0.15) is 44.0 Å². The Balaban J connectivity index is 1.62. The first-order valence-electron chi connectivity index (χ1n) is 9.70. The molecule has 0 spiro atoms. The molecule has 1 N–H and O–H groups in total. The van der Waals surface area contributed by atoms with Crippen molar-refractivity contribution in [3.8, 4) is 0 Å². The number of likely N-dealkylation sites (tertiary alicyclic amines) is 1. The Morgan fingerprint density at radius 2 is 1.89 bits per heavy atom. The van der Waals surface area contributed by atoms with E-state index in [1.807, 2.05) is 44.2 Å². The Hall–Kier alpha value is -1.92. The summed E-state index contributed by atoms with van der Waals surface area (Å²) >= 11 is 1.54. The molecule has 1 unspecified atom stereocenters. The summed E-state index contributed by atoms with van der Waals surface area (Å²) in [5.41, 5.74) is 2.78. The zero-order valence-electron chi connectivity index (χ0n) is 16.4. The van der Waals surface area contributed by atoms with Gasteiger partial charge in [-0.1, -0.05) is 13.3 Å². The fourth-order valence-corrected chi connectivity index (χ4v) is 4.38. The number of carbonyl (C=O) groups excluding carboxylic acids is 1. The summed E-state index contributed by atoms with van der Waals surface area (Å²) in [5, 5.41) is 3.84. The molecule has 0 bridgehead atoms. The van der Waals surface area contributed by atoms with Gasteiger partial charge in [-0.3, -0.25) is 9.69 Å². The average molecular weight is 385 g/mol. The maximum absolute atomic E-state index is 12.7. The first-order valence-corrected chi connectivity index (χ1v) is 10.5. The lowest BCUT2D eigenvalue weighted by molar-refractivity contribution is -0.122. The van der Waals surface area contributed by atoms with Gasteiger partial charge >= 0.3 is 0 Å². The maximum atomic E-state index is 12.7. The quantitative estimate of drug-likeness (QED) is 0.746. The number of carbonyl (C=O) groups is 1. The topological polar surface area (TPSA) is 58.1 Å². The molecule has 6 heteroatoms. The molecule has 3 rings (SSSR count). The minimum Gasteiger partial charge on any atom is -0.325 e. The third kappa shape index (κ3) is 5.53. The average Bonchev–Trinajstić information content (AvgIpc) is 2.63. The Morgan fingerprint density at radius 3 is 2.56 bits per heavy atom. The van der Waals surface area contributed by atoms with Crippen LogP contribution >= 0.6 is 11.8 Å². The molecule has 144 valence electrons. The van der Waals surface area contributed by atoms with E-state index in [4.69, 9.17) is 0 Å². The van der Waals surface area contributed by atoms with Gasteiger partial charge in [0.2, 0.25) is 5.91 Å². The highest BCUT2D eigenvalue weighted by molar-refractivity contribution is 7.99. The first kappa shape index (κ1) is 19.8. The minimum atomic E-state index is -0.00331. The van der Waals surface area contributed by atoms with Crippen LogP contribution in [0.5, 0.6) is 0 Å².